The number of anilines is 2. The smallest absolute Gasteiger partial charge is 0.234 e. The molecule has 0 aliphatic rings. The predicted octanol–water partition coefficient (Wildman–Crippen LogP) is 2.19. The normalized spacial score (nSPS) is 10.1. The molecule has 0 spiro atoms. The predicted molar refractivity (Wildman–Crippen MR) is 67.3 cm³/mol. The van der Waals surface area contributed by atoms with Gasteiger partial charge in [-0.15, -0.1) is 0 Å². The first-order chi connectivity index (χ1) is 7.04. The van der Waals surface area contributed by atoms with Crippen LogP contribution >= 0.6 is 11.8 Å². The van der Waals surface area contributed by atoms with Crippen molar-refractivity contribution in [2.45, 2.75) is 13.8 Å². The molecule has 3 nitrogen and oxygen atoms in total. The van der Waals surface area contributed by atoms with Crippen LogP contribution in [0.5, 0.6) is 0 Å². The van der Waals surface area contributed by atoms with Gasteiger partial charge in [-0.25, -0.2) is 0 Å². The second-order valence-corrected chi connectivity index (χ2v) is 4.37. The van der Waals surface area contributed by atoms with Crippen LogP contribution in [0.1, 0.15) is 11.1 Å². The summed E-state index contributed by atoms with van der Waals surface area (Å²) in [5.74, 6) is 0.498. The van der Waals surface area contributed by atoms with E-state index in [9.17, 15) is 4.79 Å². The Morgan fingerprint density at radius 1 is 1.40 bits per heavy atom. The van der Waals surface area contributed by atoms with Crippen LogP contribution in [0.15, 0.2) is 12.1 Å². The lowest BCUT2D eigenvalue weighted by Crippen LogP contribution is -2.14. The van der Waals surface area contributed by atoms with Crippen molar-refractivity contribution in [2.75, 3.05) is 23.1 Å². The van der Waals surface area contributed by atoms with E-state index in [2.05, 4.69) is 5.32 Å². The molecular weight excluding hydrogens is 208 g/mol. The summed E-state index contributed by atoms with van der Waals surface area (Å²) < 4.78 is 0. The third-order valence-corrected chi connectivity index (χ3v) is 2.71. The minimum atomic E-state index is 0.0229. The zero-order chi connectivity index (χ0) is 11.4. The Morgan fingerprint density at radius 3 is 2.67 bits per heavy atom. The Labute approximate surface area is 94.4 Å². The minimum absolute atomic E-state index is 0.0229. The highest BCUT2D eigenvalue weighted by atomic mass is 32.2. The van der Waals surface area contributed by atoms with Gasteiger partial charge >= 0.3 is 0 Å². The van der Waals surface area contributed by atoms with Crippen molar-refractivity contribution in [2.24, 2.45) is 0 Å². The van der Waals surface area contributed by atoms with Gasteiger partial charge in [0.25, 0.3) is 0 Å². The molecule has 1 rings (SSSR count). The maximum atomic E-state index is 11.4. The van der Waals surface area contributed by atoms with E-state index >= 15 is 0 Å². The molecule has 0 saturated heterocycles. The minimum Gasteiger partial charge on any atom is -0.399 e. The van der Waals surface area contributed by atoms with Gasteiger partial charge in [0, 0.05) is 11.4 Å². The molecular formula is C11H16N2OS. The molecule has 0 aliphatic carbocycles. The molecule has 1 aromatic carbocycles. The number of thioether (sulfide) groups is 1. The monoisotopic (exact) mass is 224 g/mol. The van der Waals surface area contributed by atoms with E-state index in [1.54, 1.807) is 0 Å². The number of hydrogen-bond acceptors (Lipinski definition) is 3. The van der Waals surface area contributed by atoms with Crippen LogP contribution < -0.4 is 11.1 Å². The summed E-state index contributed by atoms with van der Waals surface area (Å²) in [5, 5.41) is 2.86. The zero-order valence-electron chi connectivity index (χ0n) is 9.26. The maximum absolute atomic E-state index is 11.4. The van der Waals surface area contributed by atoms with Gasteiger partial charge in [-0.1, -0.05) is 0 Å². The number of carbonyl (C=O) groups excluding carboxylic acids is 1. The standard InChI is InChI=1S/C11H16N2OS/c1-7-5-10(8(2)4-9(7)12)13-11(14)6-15-3/h4-5H,6,12H2,1-3H3,(H,13,14). The molecule has 0 unspecified atom stereocenters. The number of aryl methyl sites for hydroxylation is 2. The zero-order valence-corrected chi connectivity index (χ0v) is 10.1. The molecule has 0 saturated carbocycles. The van der Waals surface area contributed by atoms with Gasteiger partial charge in [-0.05, 0) is 43.4 Å². The quantitative estimate of drug-likeness (QED) is 0.774. The summed E-state index contributed by atoms with van der Waals surface area (Å²) in [4.78, 5) is 11.4. The Hall–Kier alpha value is -1.16. The average Bonchev–Trinajstić information content (AvgIpc) is 2.14. The van der Waals surface area contributed by atoms with Crippen molar-refractivity contribution in [1.29, 1.82) is 0 Å². The molecule has 0 bridgehead atoms. The second-order valence-electron chi connectivity index (χ2n) is 3.50. The summed E-state index contributed by atoms with van der Waals surface area (Å²) in [6.07, 6.45) is 1.90. The van der Waals surface area contributed by atoms with Crippen molar-refractivity contribution in [3.05, 3.63) is 23.3 Å². The van der Waals surface area contributed by atoms with Crippen LogP contribution in [0, 0.1) is 13.8 Å². The van der Waals surface area contributed by atoms with Crippen LogP contribution in [0.2, 0.25) is 0 Å². The van der Waals surface area contributed by atoms with Crippen molar-refractivity contribution in [1.82, 2.24) is 0 Å². The number of hydrogen-bond donors (Lipinski definition) is 2. The summed E-state index contributed by atoms with van der Waals surface area (Å²) >= 11 is 1.51. The average molecular weight is 224 g/mol. The van der Waals surface area contributed by atoms with Crippen LogP contribution in [-0.2, 0) is 4.79 Å². The number of benzene rings is 1. The summed E-state index contributed by atoms with van der Waals surface area (Å²) in [6.45, 7) is 3.86. The van der Waals surface area contributed by atoms with Gasteiger partial charge in [-0.3, -0.25) is 4.79 Å². The third-order valence-electron chi connectivity index (χ3n) is 2.16. The lowest BCUT2D eigenvalue weighted by Gasteiger charge is -2.10. The Balaban J connectivity index is 2.86. The Morgan fingerprint density at radius 2 is 2.07 bits per heavy atom. The number of amides is 1. The van der Waals surface area contributed by atoms with Crippen LogP contribution in [0.4, 0.5) is 11.4 Å². The largest absolute Gasteiger partial charge is 0.399 e. The molecule has 15 heavy (non-hydrogen) atoms. The lowest BCUT2D eigenvalue weighted by atomic mass is 10.1. The SMILES string of the molecule is CSCC(=O)Nc1cc(C)c(N)cc1C. The molecule has 1 amide bonds. The number of nitrogen functional groups attached to an aromatic ring is 1. The Bertz CT molecular complexity index is 377. The highest BCUT2D eigenvalue weighted by Crippen LogP contribution is 2.22. The van der Waals surface area contributed by atoms with Crippen molar-refractivity contribution in [3.8, 4) is 0 Å². The second kappa shape index (κ2) is 5.07. The van der Waals surface area contributed by atoms with Gasteiger partial charge in [0.05, 0.1) is 5.75 Å². The molecule has 1 aromatic rings. The van der Waals surface area contributed by atoms with Crippen molar-refractivity contribution < 1.29 is 4.79 Å². The maximum Gasteiger partial charge on any atom is 0.234 e. The molecule has 82 valence electrons. The molecule has 4 heteroatoms. The number of nitrogens with two attached hydrogens (primary N) is 1. The molecule has 0 atom stereocenters. The number of rotatable bonds is 3. The fraction of sp³-hybridized carbons (Fsp3) is 0.364. The lowest BCUT2D eigenvalue weighted by molar-refractivity contribution is -0.113. The van der Waals surface area contributed by atoms with E-state index < -0.39 is 0 Å². The van der Waals surface area contributed by atoms with Gasteiger partial charge in [0.2, 0.25) is 5.91 Å². The summed E-state index contributed by atoms with van der Waals surface area (Å²) in [7, 11) is 0. The number of nitrogens with one attached hydrogen (secondary N) is 1. The van der Waals surface area contributed by atoms with E-state index in [-0.39, 0.29) is 5.91 Å². The van der Waals surface area contributed by atoms with Gasteiger partial charge < -0.3 is 11.1 Å². The third kappa shape index (κ3) is 3.16. The van der Waals surface area contributed by atoms with Gasteiger partial charge in [0.15, 0.2) is 0 Å². The van der Waals surface area contributed by atoms with E-state index in [1.807, 2.05) is 32.2 Å². The summed E-state index contributed by atoms with van der Waals surface area (Å²) in [5.41, 5.74) is 9.35. The topological polar surface area (TPSA) is 55.1 Å². The van der Waals surface area contributed by atoms with Crippen LogP contribution in [-0.4, -0.2) is 17.9 Å². The molecule has 0 heterocycles. The highest BCUT2D eigenvalue weighted by molar-refractivity contribution is 7.99. The van der Waals surface area contributed by atoms with E-state index in [0.29, 0.717) is 5.75 Å². The summed E-state index contributed by atoms with van der Waals surface area (Å²) in [6, 6.07) is 3.78. The van der Waals surface area contributed by atoms with Crippen LogP contribution in [0.3, 0.4) is 0 Å². The van der Waals surface area contributed by atoms with E-state index in [1.165, 1.54) is 11.8 Å². The first-order valence-corrected chi connectivity index (χ1v) is 6.09. The first-order valence-electron chi connectivity index (χ1n) is 4.70. The molecule has 0 fully saturated rings. The fourth-order valence-electron chi connectivity index (χ4n) is 1.29. The van der Waals surface area contributed by atoms with Crippen molar-refractivity contribution in [3.63, 3.8) is 0 Å². The van der Waals surface area contributed by atoms with Crippen LogP contribution in [0.25, 0.3) is 0 Å². The number of carbonyl (C=O) groups is 1. The van der Waals surface area contributed by atoms with Gasteiger partial charge in [0.1, 0.15) is 0 Å². The first kappa shape index (κ1) is 11.9. The van der Waals surface area contributed by atoms with Gasteiger partial charge in [-0.2, -0.15) is 11.8 Å². The van der Waals surface area contributed by atoms with E-state index in [4.69, 9.17) is 5.73 Å². The fourth-order valence-corrected chi connectivity index (χ4v) is 1.62. The molecule has 0 radical (unpaired) electrons. The van der Waals surface area contributed by atoms with E-state index in [0.717, 1.165) is 22.5 Å². The molecule has 3 N–H and O–H groups in total. The van der Waals surface area contributed by atoms with Crippen molar-refractivity contribution >= 4 is 29.0 Å². The Kier molecular flexibility index (Phi) is 4.03. The highest BCUT2D eigenvalue weighted by Gasteiger charge is 2.05. The molecule has 0 aliphatic heterocycles. The molecule has 0 aromatic heterocycles.